The summed E-state index contributed by atoms with van der Waals surface area (Å²) in [4.78, 5) is 6.30. The Morgan fingerprint density at radius 2 is 2.21 bits per heavy atom. The van der Waals surface area contributed by atoms with Gasteiger partial charge in [-0.05, 0) is 24.1 Å². The molecule has 0 atom stereocenters. The topological polar surface area (TPSA) is 38.2 Å². The predicted molar refractivity (Wildman–Crippen MR) is 73.9 cm³/mol. The number of hydrogen-bond acceptors (Lipinski definition) is 5. The average molecular weight is 281 g/mol. The molecule has 2 aromatic rings. The first-order valence-electron chi connectivity index (χ1n) is 5.88. The van der Waals surface area contributed by atoms with Crippen LogP contribution in [0.25, 0.3) is 0 Å². The Morgan fingerprint density at radius 1 is 1.42 bits per heavy atom. The zero-order valence-corrected chi connectivity index (χ0v) is 12.0. The van der Waals surface area contributed by atoms with Crippen LogP contribution >= 0.6 is 11.5 Å². The van der Waals surface area contributed by atoms with Crippen molar-refractivity contribution in [1.29, 1.82) is 0 Å². The van der Waals surface area contributed by atoms with Gasteiger partial charge in [0.15, 0.2) is 5.82 Å². The second-order valence-electron chi connectivity index (χ2n) is 4.37. The molecule has 0 fully saturated rings. The van der Waals surface area contributed by atoms with Crippen LogP contribution in [0.15, 0.2) is 18.2 Å². The van der Waals surface area contributed by atoms with E-state index in [0.29, 0.717) is 24.5 Å². The fourth-order valence-corrected chi connectivity index (χ4v) is 2.29. The lowest BCUT2D eigenvalue weighted by molar-refractivity contribution is 0.179. The first-order chi connectivity index (χ1) is 9.10. The molecule has 0 radical (unpaired) electrons. The van der Waals surface area contributed by atoms with E-state index in [2.05, 4.69) is 9.36 Å². The van der Waals surface area contributed by atoms with Crippen molar-refractivity contribution in [1.82, 2.24) is 9.36 Å². The van der Waals surface area contributed by atoms with Crippen LogP contribution in [0.5, 0.6) is 0 Å². The fraction of sp³-hybridized carbons (Fsp3) is 0.385. The van der Waals surface area contributed by atoms with E-state index in [1.165, 1.54) is 11.5 Å². The van der Waals surface area contributed by atoms with E-state index in [0.717, 1.165) is 10.7 Å². The minimum Gasteiger partial charge on any atom is -0.377 e. The Hall–Kier alpha value is -1.53. The standard InChI is InChI=1S/C13H16FN3OS/c1-9-4-5-10(6-11(9)14)7-17(2)13-15-12(8-18-3)16-19-13/h4-6H,7-8H2,1-3H3. The van der Waals surface area contributed by atoms with Gasteiger partial charge in [-0.15, -0.1) is 0 Å². The minimum absolute atomic E-state index is 0.178. The van der Waals surface area contributed by atoms with Crippen LogP contribution in [0.1, 0.15) is 17.0 Å². The minimum atomic E-state index is -0.178. The Kier molecular flexibility index (Phi) is 4.44. The van der Waals surface area contributed by atoms with Crippen LogP contribution in [0.2, 0.25) is 0 Å². The van der Waals surface area contributed by atoms with Gasteiger partial charge in [0, 0.05) is 32.2 Å². The van der Waals surface area contributed by atoms with Crippen molar-refractivity contribution in [3.05, 3.63) is 41.0 Å². The van der Waals surface area contributed by atoms with Crippen molar-refractivity contribution in [2.24, 2.45) is 0 Å². The highest BCUT2D eigenvalue weighted by Gasteiger charge is 2.10. The van der Waals surface area contributed by atoms with E-state index in [9.17, 15) is 4.39 Å². The van der Waals surface area contributed by atoms with Crippen LogP contribution in [-0.2, 0) is 17.9 Å². The van der Waals surface area contributed by atoms with Crippen molar-refractivity contribution in [2.45, 2.75) is 20.1 Å². The Labute approximate surface area is 116 Å². The predicted octanol–water partition coefficient (Wildman–Crippen LogP) is 2.77. The van der Waals surface area contributed by atoms with Gasteiger partial charge in [0.25, 0.3) is 0 Å². The number of ether oxygens (including phenoxy) is 1. The highest BCUT2D eigenvalue weighted by Crippen LogP contribution is 2.19. The Bertz CT molecular complexity index is 559. The molecule has 2 rings (SSSR count). The maximum atomic E-state index is 13.5. The molecule has 0 saturated heterocycles. The largest absolute Gasteiger partial charge is 0.377 e. The summed E-state index contributed by atoms with van der Waals surface area (Å²) in [6.07, 6.45) is 0. The number of aryl methyl sites for hydroxylation is 1. The Morgan fingerprint density at radius 3 is 2.89 bits per heavy atom. The normalized spacial score (nSPS) is 10.7. The summed E-state index contributed by atoms with van der Waals surface area (Å²) < 4.78 is 22.6. The fourth-order valence-electron chi connectivity index (χ4n) is 1.66. The maximum absolute atomic E-state index is 13.5. The second kappa shape index (κ2) is 6.08. The van der Waals surface area contributed by atoms with Crippen molar-refractivity contribution >= 4 is 16.7 Å². The molecule has 4 nitrogen and oxygen atoms in total. The second-order valence-corrected chi connectivity index (χ2v) is 5.10. The number of rotatable bonds is 5. The summed E-state index contributed by atoms with van der Waals surface area (Å²) in [6, 6.07) is 5.27. The maximum Gasteiger partial charge on any atom is 0.205 e. The lowest BCUT2D eigenvalue weighted by Gasteiger charge is -2.15. The van der Waals surface area contributed by atoms with Crippen LogP contribution in [0, 0.1) is 12.7 Å². The number of hydrogen-bond donors (Lipinski definition) is 0. The van der Waals surface area contributed by atoms with Gasteiger partial charge in [0.2, 0.25) is 5.13 Å². The number of aromatic nitrogens is 2. The SMILES string of the molecule is COCc1nsc(N(C)Cc2ccc(C)c(F)c2)n1. The number of nitrogens with zero attached hydrogens (tertiary/aromatic N) is 3. The van der Waals surface area contributed by atoms with E-state index in [-0.39, 0.29) is 5.82 Å². The highest BCUT2D eigenvalue weighted by atomic mass is 32.1. The molecule has 0 aliphatic rings. The third-order valence-corrected chi connectivity index (χ3v) is 3.58. The lowest BCUT2D eigenvalue weighted by Crippen LogP contribution is -2.16. The molecule has 102 valence electrons. The van der Waals surface area contributed by atoms with Crippen molar-refractivity contribution in [3.63, 3.8) is 0 Å². The van der Waals surface area contributed by atoms with Crippen LogP contribution in [0.4, 0.5) is 9.52 Å². The molecule has 0 saturated carbocycles. The molecule has 0 spiro atoms. The first-order valence-corrected chi connectivity index (χ1v) is 6.65. The molecule has 0 aliphatic carbocycles. The summed E-state index contributed by atoms with van der Waals surface area (Å²) in [6.45, 7) is 2.76. The molecule has 0 unspecified atom stereocenters. The summed E-state index contributed by atoms with van der Waals surface area (Å²) in [7, 11) is 3.52. The van der Waals surface area contributed by atoms with Crippen molar-refractivity contribution in [3.8, 4) is 0 Å². The number of benzene rings is 1. The van der Waals surface area contributed by atoms with Gasteiger partial charge in [-0.1, -0.05) is 12.1 Å². The average Bonchev–Trinajstić information content (AvgIpc) is 2.83. The van der Waals surface area contributed by atoms with E-state index in [1.807, 2.05) is 18.0 Å². The number of methoxy groups -OCH3 is 1. The molecule has 0 N–H and O–H groups in total. The molecular formula is C13H16FN3OS. The quantitative estimate of drug-likeness (QED) is 0.844. The highest BCUT2D eigenvalue weighted by molar-refractivity contribution is 7.09. The van der Waals surface area contributed by atoms with Gasteiger partial charge < -0.3 is 9.64 Å². The van der Waals surface area contributed by atoms with Crippen LogP contribution < -0.4 is 4.90 Å². The summed E-state index contributed by atoms with van der Waals surface area (Å²) in [5.41, 5.74) is 1.57. The van der Waals surface area contributed by atoms with E-state index in [4.69, 9.17) is 4.74 Å². The van der Waals surface area contributed by atoms with E-state index < -0.39 is 0 Å². The molecule has 1 aromatic carbocycles. The van der Waals surface area contributed by atoms with Crippen molar-refractivity contribution in [2.75, 3.05) is 19.1 Å². The monoisotopic (exact) mass is 281 g/mol. The summed E-state index contributed by atoms with van der Waals surface area (Å²) >= 11 is 1.32. The molecular weight excluding hydrogens is 265 g/mol. The first kappa shape index (κ1) is 13.9. The molecule has 0 amide bonds. The van der Waals surface area contributed by atoms with E-state index in [1.54, 1.807) is 26.2 Å². The van der Waals surface area contributed by atoms with Gasteiger partial charge in [-0.3, -0.25) is 0 Å². The van der Waals surface area contributed by atoms with Gasteiger partial charge in [0.1, 0.15) is 12.4 Å². The van der Waals surface area contributed by atoms with Crippen LogP contribution in [-0.4, -0.2) is 23.5 Å². The third-order valence-electron chi connectivity index (χ3n) is 2.71. The summed E-state index contributed by atoms with van der Waals surface area (Å²) in [5.74, 6) is 0.493. The molecule has 1 aromatic heterocycles. The smallest absolute Gasteiger partial charge is 0.205 e. The van der Waals surface area contributed by atoms with Gasteiger partial charge in [0.05, 0.1) is 0 Å². The molecule has 0 aliphatic heterocycles. The zero-order chi connectivity index (χ0) is 13.8. The number of halogens is 1. The summed E-state index contributed by atoms with van der Waals surface area (Å²) in [5, 5.41) is 0.799. The zero-order valence-electron chi connectivity index (χ0n) is 11.2. The lowest BCUT2D eigenvalue weighted by atomic mass is 10.1. The van der Waals surface area contributed by atoms with Crippen LogP contribution in [0.3, 0.4) is 0 Å². The molecule has 19 heavy (non-hydrogen) atoms. The van der Waals surface area contributed by atoms with Gasteiger partial charge in [-0.25, -0.2) is 9.37 Å². The molecule has 6 heteroatoms. The van der Waals surface area contributed by atoms with Crippen molar-refractivity contribution < 1.29 is 9.13 Å². The molecule has 1 heterocycles. The molecule has 0 bridgehead atoms. The third kappa shape index (κ3) is 3.48. The Balaban J connectivity index is 2.06. The van der Waals surface area contributed by atoms with Gasteiger partial charge in [-0.2, -0.15) is 4.37 Å². The number of anilines is 1. The van der Waals surface area contributed by atoms with E-state index >= 15 is 0 Å². The van der Waals surface area contributed by atoms with Gasteiger partial charge >= 0.3 is 0 Å².